The Balaban J connectivity index is 2.11. The van der Waals surface area contributed by atoms with Gasteiger partial charge in [0.05, 0.1) is 0 Å². The molecule has 0 spiro atoms. The zero-order chi connectivity index (χ0) is 18.6. The molecule has 0 radical (unpaired) electrons. The van der Waals surface area contributed by atoms with Gasteiger partial charge >= 0.3 is 6.09 Å². The molecular formula is C20H28N2O3. The third-order valence-electron chi connectivity index (χ3n) is 3.92. The molecule has 0 aliphatic carbocycles. The van der Waals surface area contributed by atoms with E-state index in [-0.39, 0.29) is 17.9 Å². The lowest BCUT2D eigenvalue weighted by molar-refractivity contribution is -0.118. The van der Waals surface area contributed by atoms with E-state index >= 15 is 0 Å². The summed E-state index contributed by atoms with van der Waals surface area (Å²) in [5, 5.41) is 2.99. The van der Waals surface area contributed by atoms with Crippen LogP contribution in [0.5, 0.6) is 0 Å². The molecule has 0 unspecified atom stereocenters. The highest BCUT2D eigenvalue weighted by atomic mass is 16.6. The minimum atomic E-state index is -0.491. The van der Waals surface area contributed by atoms with Crippen LogP contribution in [0.1, 0.15) is 46.6 Å². The van der Waals surface area contributed by atoms with Crippen molar-refractivity contribution < 1.29 is 14.3 Å². The van der Waals surface area contributed by atoms with Gasteiger partial charge in [0.2, 0.25) is 5.91 Å². The van der Waals surface area contributed by atoms with E-state index < -0.39 is 5.60 Å². The van der Waals surface area contributed by atoms with Crippen molar-refractivity contribution in [2.75, 3.05) is 18.4 Å². The number of hydrogen-bond acceptors (Lipinski definition) is 3. The van der Waals surface area contributed by atoms with Gasteiger partial charge in [-0.05, 0) is 38.8 Å². The maximum atomic E-state index is 12.2. The minimum absolute atomic E-state index is 0.000703. The zero-order valence-corrected chi connectivity index (χ0v) is 15.8. The average molecular weight is 344 g/mol. The number of para-hydroxylation sites is 1. The third-order valence-corrected chi connectivity index (χ3v) is 3.92. The Hall–Kier alpha value is -2.30. The van der Waals surface area contributed by atoms with Crippen molar-refractivity contribution >= 4 is 23.3 Å². The van der Waals surface area contributed by atoms with Gasteiger partial charge in [0.25, 0.3) is 0 Å². The fourth-order valence-electron chi connectivity index (χ4n) is 2.56. The summed E-state index contributed by atoms with van der Waals surface area (Å²) in [4.78, 5) is 25.9. The number of hydrogen-bond donors (Lipinski definition) is 1. The van der Waals surface area contributed by atoms with Crippen molar-refractivity contribution in [3.63, 3.8) is 0 Å². The quantitative estimate of drug-likeness (QED) is 0.889. The summed E-state index contributed by atoms with van der Waals surface area (Å²) in [5.74, 6) is -0.0738. The van der Waals surface area contributed by atoms with E-state index in [1.807, 2.05) is 65.0 Å². The van der Waals surface area contributed by atoms with Crippen molar-refractivity contribution in [1.29, 1.82) is 0 Å². The van der Waals surface area contributed by atoms with E-state index in [0.717, 1.165) is 23.2 Å². The molecule has 0 saturated carbocycles. The number of ether oxygens (including phenoxy) is 1. The Morgan fingerprint density at radius 3 is 2.44 bits per heavy atom. The lowest BCUT2D eigenvalue weighted by Crippen LogP contribution is -2.39. The molecule has 1 aliphatic heterocycles. The SMILES string of the molecule is CC(C)C(=O)Nc1ccccc1C1=CCN(C(=O)OC(C)(C)C)CC1. The van der Waals surface area contributed by atoms with Gasteiger partial charge in [0.15, 0.2) is 0 Å². The van der Waals surface area contributed by atoms with E-state index in [2.05, 4.69) is 5.32 Å². The normalized spacial score (nSPS) is 15.0. The number of benzene rings is 1. The second kappa shape index (κ2) is 7.72. The highest BCUT2D eigenvalue weighted by molar-refractivity contribution is 5.95. The van der Waals surface area contributed by atoms with Crippen molar-refractivity contribution in [2.24, 2.45) is 5.92 Å². The van der Waals surface area contributed by atoms with Crippen molar-refractivity contribution in [3.8, 4) is 0 Å². The number of rotatable bonds is 3. The van der Waals surface area contributed by atoms with Crippen molar-refractivity contribution in [2.45, 2.75) is 46.6 Å². The number of anilines is 1. The summed E-state index contributed by atoms with van der Waals surface area (Å²) >= 11 is 0. The average Bonchev–Trinajstić information content (AvgIpc) is 2.54. The maximum Gasteiger partial charge on any atom is 0.410 e. The highest BCUT2D eigenvalue weighted by Gasteiger charge is 2.24. The molecule has 5 nitrogen and oxygen atoms in total. The molecule has 1 N–H and O–H groups in total. The first-order valence-electron chi connectivity index (χ1n) is 8.74. The van der Waals surface area contributed by atoms with Gasteiger partial charge in [0, 0.05) is 30.3 Å². The van der Waals surface area contributed by atoms with E-state index in [1.54, 1.807) is 4.90 Å². The summed E-state index contributed by atoms with van der Waals surface area (Å²) in [6.45, 7) is 10.5. The van der Waals surface area contributed by atoms with Crippen LogP contribution in [0.25, 0.3) is 5.57 Å². The fourth-order valence-corrected chi connectivity index (χ4v) is 2.56. The van der Waals surface area contributed by atoms with E-state index in [1.165, 1.54) is 0 Å². The highest BCUT2D eigenvalue weighted by Crippen LogP contribution is 2.29. The monoisotopic (exact) mass is 344 g/mol. The molecule has 25 heavy (non-hydrogen) atoms. The molecule has 0 atom stereocenters. The van der Waals surface area contributed by atoms with Crippen LogP contribution in [-0.2, 0) is 9.53 Å². The lowest BCUT2D eigenvalue weighted by atomic mass is 9.97. The molecule has 2 rings (SSSR count). The Kier molecular flexibility index (Phi) is 5.88. The first-order chi connectivity index (χ1) is 11.7. The Bertz CT molecular complexity index is 672. The molecule has 136 valence electrons. The Morgan fingerprint density at radius 2 is 1.88 bits per heavy atom. The molecule has 1 aromatic carbocycles. The van der Waals surface area contributed by atoms with E-state index in [4.69, 9.17) is 4.74 Å². The third kappa shape index (κ3) is 5.34. The summed E-state index contributed by atoms with van der Waals surface area (Å²) in [6, 6.07) is 7.79. The molecule has 2 amide bonds. The smallest absolute Gasteiger partial charge is 0.410 e. The van der Waals surface area contributed by atoms with Gasteiger partial charge in [-0.25, -0.2) is 4.79 Å². The molecule has 1 aromatic rings. The first-order valence-corrected chi connectivity index (χ1v) is 8.74. The van der Waals surface area contributed by atoms with Crippen LogP contribution in [0, 0.1) is 5.92 Å². The molecule has 5 heteroatoms. The van der Waals surface area contributed by atoms with Crippen LogP contribution in [0.2, 0.25) is 0 Å². The van der Waals surface area contributed by atoms with Crippen LogP contribution in [-0.4, -0.2) is 35.6 Å². The molecule has 0 fully saturated rings. The number of nitrogens with zero attached hydrogens (tertiary/aromatic N) is 1. The lowest BCUT2D eigenvalue weighted by Gasteiger charge is -2.30. The standard InChI is InChI=1S/C20H28N2O3/c1-14(2)18(23)21-17-9-7-6-8-16(17)15-10-12-22(13-11-15)19(24)25-20(3,4)5/h6-10,14H,11-13H2,1-5H3,(H,21,23). The minimum Gasteiger partial charge on any atom is -0.444 e. The van der Waals surface area contributed by atoms with Crippen LogP contribution in [0.3, 0.4) is 0 Å². The van der Waals surface area contributed by atoms with Crippen LogP contribution >= 0.6 is 0 Å². The van der Waals surface area contributed by atoms with Crippen LogP contribution in [0.15, 0.2) is 30.3 Å². The predicted octanol–water partition coefficient (Wildman–Crippen LogP) is 4.31. The fraction of sp³-hybridized carbons (Fsp3) is 0.500. The first kappa shape index (κ1) is 19.0. The van der Waals surface area contributed by atoms with Gasteiger partial charge < -0.3 is 15.0 Å². The molecule has 0 bridgehead atoms. The van der Waals surface area contributed by atoms with Crippen LogP contribution < -0.4 is 5.32 Å². The molecular weight excluding hydrogens is 316 g/mol. The topological polar surface area (TPSA) is 58.6 Å². The number of amides is 2. The maximum absolute atomic E-state index is 12.2. The van der Waals surface area contributed by atoms with Gasteiger partial charge in [-0.3, -0.25) is 4.79 Å². The summed E-state index contributed by atoms with van der Waals surface area (Å²) in [7, 11) is 0. The molecule has 1 aliphatic rings. The molecule has 0 saturated heterocycles. The van der Waals surface area contributed by atoms with Gasteiger partial charge in [-0.15, -0.1) is 0 Å². The summed E-state index contributed by atoms with van der Waals surface area (Å²) < 4.78 is 5.42. The second-order valence-corrected chi connectivity index (χ2v) is 7.60. The number of nitrogens with one attached hydrogen (secondary N) is 1. The van der Waals surface area contributed by atoms with Crippen molar-refractivity contribution in [3.05, 3.63) is 35.9 Å². The molecule has 1 heterocycles. The second-order valence-electron chi connectivity index (χ2n) is 7.60. The molecule has 0 aromatic heterocycles. The summed E-state index contributed by atoms with van der Waals surface area (Å²) in [6.07, 6.45) is 2.48. The van der Waals surface area contributed by atoms with E-state index in [0.29, 0.717) is 13.1 Å². The number of carbonyl (C=O) groups is 2. The number of carbonyl (C=O) groups excluding carboxylic acids is 2. The predicted molar refractivity (Wildman–Crippen MR) is 100 cm³/mol. The van der Waals surface area contributed by atoms with Crippen LogP contribution in [0.4, 0.5) is 10.5 Å². The Labute approximate surface area is 150 Å². The Morgan fingerprint density at radius 1 is 1.20 bits per heavy atom. The van der Waals surface area contributed by atoms with Gasteiger partial charge in [0.1, 0.15) is 5.60 Å². The zero-order valence-electron chi connectivity index (χ0n) is 15.8. The van der Waals surface area contributed by atoms with Gasteiger partial charge in [-0.1, -0.05) is 38.1 Å². The van der Waals surface area contributed by atoms with Crippen molar-refractivity contribution in [1.82, 2.24) is 4.90 Å². The summed E-state index contributed by atoms with van der Waals surface area (Å²) in [5.41, 5.74) is 2.48. The van der Waals surface area contributed by atoms with E-state index in [9.17, 15) is 9.59 Å². The van der Waals surface area contributed by atoms with Gasteiger partial charge in [-0.2, -0.15) is 0 Å². The largest absolute Gasteiger partial charge is 0.444 e.